The van der Waals surface area contributed by atoms with Crippen LogP contribution in [0.5, 0.6) is 5.75 Å². The van der Waals surface area contributed by atoms with Gasteiger partial charge in [0.05, 0.1) is 7.85 Å². The summed E-state index contributed by atoms with van der Waals surface area (Å²) in [5, 5.41) is 0. The summed E-state index contributed by atoms with van der Waals surface area (Å²) in [4.78, 5) is 10.6. The van der Waals surface area contributed by atoms with Crippen LogP contribution in [0.3, 0.4) is 0 Å². The largest absolute Gasteiger partial charge is 0.426 e. The van der Waals surface area contributed by atoms with E-state index in [1.807, 2.05) is 12.1 Å². The third kappa shape index (κ3) is 2.12. The second-order valence-corrected chi connectivity index (χ2v) is 2.41. The fourth-order valence-corrected chi connectivity index (χ4v) is 0.927. The first-order valence-corrected chi connectivity index (χ1v) is 3.70. The first-order chi connectivity index (χ1) is 5.74. The number of benzene rings is 1. The van der Waals surface area contributed by atoms with Crippen molar-refractivity contribution in [2.24, 2.45) is 0 Å². The van der Waals surface area contributed by atoms with Crippen LogP contribution in [0, 0.1) is 0 Å². The predicted octanol–water partition coefficient (Wildman–Crippen LogP) is 1.28. The van der Waals surface area contributed by atoms with Gasteiger partial charge in [-0.1, -0.05) is 24.5 Å². The zero-order valence-electron chi connectivity index (χ0n) is 6.91. The monoisotopic (exact) mass is 160 g/mol. The normalized spacial score (nSPS) is 9.42. The third-order valence-corrected chi connectivity index (χ3v) is 1.45. The number of rotatable bonds is 2. The molecule has 0 atom stereocenters. The molecule has 0 aliphatic carbocycles. The van der Waals surface area contributed by atoms with E-state index in [4.69, 9.17) is 12.6 Å². The highest BCUT2D eigenvalue weighted by Crippen LogP contribution is 2.17. The summed E-state index contributed by atoms with van der Waals surface area (Å²) in [5.41, 5.74) is 0.840. The van der Waals surface area contributed by atoms with Crippen LogP contribution >= 0.6 is 0 Å². The van der Waals surface area contributed by atoms with Gasteiger partial charge in [-0.3, -0.25) is 4.79 Å². The van der Waals surface area contributed by atoms with E-state index in [-0.39, 0.29) is 5.97 Å². The number of hydrogen-bond donors (Lipinski definition) is 0. The molecule has 2 nitrogen and oxygen atoms in total. The molecule has 0 saturated carbocycles. The molecule has 0 aliphatic rings. The van der Waals surface area contributed by atoms with Crippen molar-refractivity contribution in [2.45, 2.75) is 13.2 Å². The molecule has 0 amide bonds. The fourth-order valence-electron chi connectivity index (χ4n) is 0.927. The molecule has 1 aromatic rings. The SMILES string of the molecule is [B]Cc1ccccc1OC(C)=O. The Morgan fingerprint density at radius 2 is 2.17 bits per heavy atom. The zero-order valence-corrected chi connectivity index (χ0v) is 6.91. The van der Waals surface area contributed by atoms with E-state index in [2.05, 4.69) is 0 Å². The maximum absolute atomic E-state index is 10.6. The Balaban J connectivity index is 2.89. The number of hydrogen-bond acceptors (Lipinski definition) is 2. The summed E-state index contributed by atoms with van der Waals surface area (Å²) in [6, 6.07) is 7.22. The van der Waals surface area contributed by atoms with E-state index in [0.717, 1.165) is 5.56 Å². The van der Waals surface area contributed by atoms with Crippen LogP contribution in [0.15, 0.2) is 24.3 Å². The number of carbonyl (C=O) groups is 1. The summed E-state index contributed by atoms with van der Waals surface area (Å²) in [7, 11) is 5.44. The minimum absolute atomic E-state index is 0.323. The average molecular weight is 160 g/mol. The van der Waals surface area contributed by atoms with E-state index >= 15 is 0 Å². The molecule has 3 heteroatoms. The van der Waals surface area contributed by atoms with Crippen molar-refractivity contribution in [1.29, 1.82) is 0 Å². The van der Waals surface area contributed by atoms with Gasteiger partial charge in [0.25, 0.3) is 0 Å². The Kier molecular flexibility index (Phi) is 2.91. The van der Waals surface area contributed by atoms with Gasteiger partial charge in [0, 0.05) is 6.92 Å². The molecule has 12 heavy (non-hydrogen) atoms. The Morgan fingerprint density at radius 1 is 1.50 bits per heavy atom. The number of carbonyl (C=O) groups excluding carboxylic acids is 1. The fraction of sp³-hybridized carbons (Fsp3) is 0.222. The molecule has 0 aromatic heterocycles. The molecule has 60 valence electrons. The van der Waals surface area contributed by atoms with Crippen LogP contribution in [0.25, 0.3) is 0 Å². The second kappa shape index (κ2) is 3.95. The first-order valence-electron chi connectivity index (χ1n) is 3.70. The van der Waals surface area contributed by atoms with Crippen molar-refractivity contribution in [3.63, 3.8) is 0 Å². The quantitative estimate of drug-likeness (QED) is 0.370. The van der Waals surface area contributed by atoms with Crippen LogP contribution < -0.4 is 4.74 Å². The molecule has 0 saturated heterocycles. The summed E-state index contributed by atoms with van der Waals surface area (Å²) >= 11 is 0. The minimum atomic E-state index is -0.323. The molecule has 2 radical (unpaired) electrons. The smallest absolute Gasteiger partial charge is 0.308 e. The molecule has 1 rings (SSSR count). The van der Waals surface area contributed by atoms with Gasteiger partial charge in [-0.15, -0.1) is 0 Å². The van der Waals surface area contributed by atoms with Gasteiger partial charge >= 0.3 is 5.97 Å². The maximum atomic E-state index is 10.6. The van der Waals surface area contributed by atoms with Crippen LogP contribution in [0.1, 0.15) is 12.5 Å². The molecule has 0 bridgehead atoms. The third-order valence-electron chi connectivity index (χ3n) is 1.45. The van der Waals surface area contributed by atoms with Crippen molar-refractivity contribution in [1.82, 2.24) is 0 Å². The summed E-state index contributed by atoms with van der Waals surface area (Å²) in [6.45, 7) is 1.37. The van der Waals surface area contributed by atoms with Gasteiger partial charge in [0.15, 0.2) is 0 Å². The van der Waals surface area contributed by atoms with Crippen molar-refractivity contribution < 1.29 is 9.53 Å². The highest BCUT2D eigenvalue weighted by atomic mass is 16.5. The molecule has 0 heterocycles. The molecular weight excluding hydrogens is 151 g/mol. The van der Waals surface area contributed by atoms with Gasteiger partial charge in [-0.25, -0.2) is 0 Å². The minimum Gasteiger partial charge on any atom is -0.426 e. The molecule has 0 N–H and O–H groups in total. The molecule has 0 fully saturated rings. The first kappa shape index (κ1) is 8.85. The highest BCUT2D eigenvalue weighted by Gasteiger charge is 2.01. The predicted molar refractivity (Wildman–Crippen MR) is 47.2 cm³/mol. The average Bonchev–Trinajstić information content (AvgIpc) is 2.04. The van der Waals surface area contributed by atoms with Crippen molar-refractivity contribution in [3.8, 4) is 5.75 Å². The molecular formula is C9H9BO2. The van der Waals surface area contributed by atoms with Crippen LogP contribution in [-0.4, -0.2) is 13.8 Å². The van der Waals surface area contributed by atoms with Gasteiger partial charge < -0.3 is 4.74 Å². The maximum Gasteiger partial charge on any atom is 0.308 e. The van der Waals surface area contributed by atoms with Crippen molar-refractivity contribution in [3.05, 3.63) is 29.8 Å². The summed E-state index contributed by atoms with van der Waals surface area (Å²) < 4.78 is 4.92. The Bertz CT molecular complexity index is 284. The number of ether oxygens (including phenoxy) is 1. The van der Waals surface area contributed by atoms with E-state index in [9.17, 15) is 4.79 Å². The van der Waals surface area contributed by atoms with E-state index < -0.39 is 0 Å². The Morgan fingerprint density at radius 3 is 2.75 bits per heavy atom. The van der Waals surface area contributed by atoms with Crippen LogP contribution in [0.2, 0.25) is 0 Å². The van der Waals surface area contributed by atoms with Gasteiger partial charge in [0.1, 0.15) is 5.75 Å². The van der Waals surface area contributed by atoms with E-state index in [1.54, 1.807) is 12.1 Å². The van der Waals surface area contributed by atoms with Crippen LogP contribution in [-0.2, 0) is 11.1 Å². The summed E-state index contributed by atoms with van der Waals surface area (Å²) in [6.07, 6.45) is 0.378. The Hall–Kier alpha value is -1.25. The van der Waals surface area contributed by atoms with Gasteiger partial charge in [0.2, 0.25) is 0 Å². The molecule has 0 spiro atoms. The van der Waals surface area contributed by atoms with E-state index in [0.29, 0.717) is 12.1 Å². The lowest BCUT2D eigenvalue weighted by molar-refractivity contribution is -0.131. The standard InChI is InChI=1S/C9H9BO2/c1-7(11)12-9-5-3-2-4-8(9)6-10/h2-5H,6H2,1H3. The zero-order chi connectivity index (χ0) is 8.97. The topological polar surface area (TPSA) is 26.3 Å². The lowest BCUT2D eigenvalue weighted by Gasteiger charge is -2.05. The van der Waals surface area contributed by atoms with Crippen LogP contribution in [0.4, 0.5) is 0 Å². The number of esters is 1. The van der Waals surface area contributed by atoms with E-state index in [1.165, 1.54) is 6.92 Å². The Labute approximate surface area is 73.0 Å². The lowest BCUT2D eigenvalue weighted by atomic mass is 9.96. The number of para-hydroxylation sites is 1. The van der Waals surface area contributed by atoms with Gasteiger partial charge in [-0.2, -0.15) is 0 Å². The molecule has 0 unspecified atom stereocenters. The van der Waals surface area contributed by atoms with Crippen molar-refractivity contribution in [2.75, 3.05) is 0 Å². The summed E-state index contributed by atoms with van der Waals surface area (Å²) in [5.74, 6) is 0.225. The second-order valence-electron chi connectivity index (χ2n) is 2.41. The highest BCUT2D eigenvalue weighted by molar-refractivity contribution is 6.08. The lowest BCUT2D eigenvalue weighted by Crippen LogP contribution is -2.03. The molecule has 1 aromatic carbocycles. The van der Waals surface area contributed by atoms with Crippen molar-refractivity contribution >= 4 is 13.8 Å². The van der Waals surface area contributed by atoms with Gasteiger partial charge in [-0.05, 0) is 11.6 Å². The molecule has 0 aliphatic heterocycles.